The number of halogens is 2. The standard InChI is InChI=1S/C8H11Cl2NO3/c9-7(12)5-6(8(10)13)11-1-3-14-4-2-11/h6H,1-5H2. The molecule has 0 amide bonds. The monoisotopic (exact) mass is 239 g/mol. The van der Waals surface area contributed by atoms with Gasteiger partial charge in [-0.3, -0.25) is 14.5 Å². The lowest BCUT2D eigenvalue weighted by Gasteiger charge is -2.31. The molecule has 0 aromatic rings. The molecule has 0 bridgehead atoms. The van der Waals surface area contributed by atoms with Gasteiger partial charge in [-0.15, -0.1) is 0 Å². The first-order valence-electron chi connectivity index (χ1n) is 4.30. The molecular formula is C8H11Cl2NO3. The fourth-order valence-corrected chi connectivity index (χ4v) is 1.76. The van der Waals surface area contributed by atoms with Gasteiger partial charge in [-0.05, 0) is 23.2 Å². The number of hydrogen-bond donors (Lipinski definition) is 0. The molecule has 1 aliphatic rings. The van der Waals surface area contributed by atoms with Crippen molar-refractivity contribution in [1.29, 1.82) is 0 Å². The summed E-state index contributed by atoms with van der Waals surface area (Å²) >= 11 is 10.6. The van der Waals surface area contributed by atoms with Gasteiger partial charge in [0.25, 0.3) is 0 Å². The molecule has 0 N–H and O–H groups in total. The summed E-state index contributed by atoms with van der Waals surface area (Å²) in [6.07, 6.45) is -0.0378. The van der Waals surface area contributed by atoms with E-state index < -0.39 is 16.5 Å². The van der Waals surface area contributed by atoms with E-state index in [1.165, 1.54) is 0 Å². The summed E-state index contributed by atoms with van der Waals surface area (Å²) in [4.78, 5) is 23.6. The molecule has 0 aromatic carbocycles. The normalized spacial score (nSPS) is 20.4. The van der Waals surface area contributed by atoms with Crippen LogP contribution in [0.5, 0.6) is 0 Å². The van der Waals surface area contributed by atoms with Gasteiger partial charge in [-0.1, -0.05) is 0 Å². The maximum Gasteiger partial charge on any atom is 0.239 e. The second-order valence-corrected chi connectivity index (χ2v) is 3.82. The van der Waals surface area contributed by atoms with Crippen LogP contribution in [-0.2, 0) is 14.3 Å². The molecule has 0 radical (unpaired) electrons. The molecule has 0 saturated carbocycles. The van der Waals surface area contributed by atoms with Gasteiger partial charge in [0.15, 0.2) is 0 Å². The third-order valence-corrected chi connectivity index (χ3v) is 2.51. The minimum absolute atomic E-state index is 0.0378. The zero-order chi connectivity index (χ0) is 10.6. The summed E-state index contributed by atoms with van der Waals surface area (Å²) in [6.45, 7) is 2.31. The number of hydrogen-bond acceptors (Lipinski definition) is 4. The largest absolute Gasteiger partial charge is 0.379 e. The van der Waals surface area contributed by atoms with Crippen LogP contribution in [-0.4, -0.2) is 47.7 Å². The molecule has 1 heterocycles. The fraction of sp³-hybridized carbons (Fsp3) is 0.750. The van der Waals surface area contributed by atoms with E-state index in [2.05, 4.69) is 0 Å². The highest BCUT2D eigenvalue weighted by Gasteiger charge is 2.27. The predicted octanol–water partition coefficient (Wildman–Crippen LogP) is 0.608. The van der Waals surface area contributed by atoms with Crippen LogP contribution in [0.15, 0.2) is 0 Å². The minimum atomic E-state index is -0.606. The molecule has 1 aliphatic heterocycles. The second kappa shape index (κ2) is 5.66. The van der Waals surface area contributed by atoms with Crippen molar-refractivity contribution in [2.24, 2.45) is 0 Å². The van der Waals surface area contributed by atoms with Gasteiger partial charge in [-0.2, -0.15) is 0 Å². The van der Waals surface area contributed by atoms with Gasteiger partial charge in [0, 0.05) is 19.5 Å². The number of carbonyl (C=O) groups excluding carboxylic acids is 2. The van der Waals surface area contributed by atoms with Crippen LogP contribution in [0.25, 0.3) is 0 Å². The third kappa shape index (κ3) is 3.53. The molecule has 4 nitrogen and oxygen atoms in total. The molecule has 1 unspecified atom stereocenters. The van der Waals surface area contributed by atoms with E-state index >= 15 is 0 Å². The van der Waals surface area contributed by atoms with Gasteiger partial charge in [0.1, 0.15) is 0 Å². The quantitative estimate of drug-likeness (QED) is 0.675. The summed E-state index contributed by atoms with van der Waals surface area (Å²) < 4.78 is 5.12. The van der Waals surface area contributed by atoms with Crippen molar-refractivity contribution < 1.29 is 14.3 Å². The van der Waals surface area contributed by atoms with Gasteiger partial charge < -0.3 is 4.74 Å². The van der Waals surface area contributed by atoms with Crippen LogP contribution in [0, 0.1) is 0 Å². The second-order valence-electron chi connectivity index (χ2n) is 3.03. The number of nitrogens with zero attached hydrogens (tertiary/aromatic N) is 1. The van der Waals surface area contributed by atoms with E-state index in [-0.39, 0.29) is 6.42 Å². The third-order valence-electron chi connectivity index (χ3n) is 2.10. The Bertz CT molecular complexity index is 229. The number of rotatable bonds is 4. The van der Waals surface area contributed by atoms with Gasteiger partial charge in [0.2, 0.25) is 10.5 Å². The first-order valence-corrected chi connectivity index (χ1v) is 5.06. The fourth-order valence-electron chi connectivity index (χ4n) is 1.39. The highest BCUT2D eigenvalue weighted by molar-refractivity contribution is 6.67. The summed E-state index contributed by atoms with van der Waals surface area (Å²) in [7, 11) is 0. The number of ether oxygens (including phenoxy) is 1. The Morgan fingerprint density at radius 3 is 2.29 bits per heavy atom. The van der Waals surface area contributed by atoms with Gasteiger partial charge in [0.05, 0.1) is 19.3 Å². The number of carbonyl (C=O) groups is 2. The molecule has 1 rings (SSSR count). The predicted molar refractivity (Wildman–Crippen MR) is 52.5 cm³/mol. The smallest absolute Gasteiger partial charge is 0.239 e. The highest BCUT2D eigenvalue weighted by Crippen LogP contribution is 2.12. The first-order chi connectivity index (χ1) is 6.61. The molecule has 0 spiro atoms. The van der Waals surface area contributed by atoms with Crippen molar-refractivity contribution in [3.05, 3.63) is 0 Å². The highest BCUT2D eigenvalue weighted by atomic mass is 35.5. The average molecular weight is 240 g/mol. The Balaban J connectivity index is 2.56. The molecule has 6 heteroatoms. The van der Waals surface area contributed by atoms with Crippen LogP contribution in [0.3, 0.4) is 0 Å². The maximum absolute atomic E-state index is 11.1. The molecule has 1 saturated heterocycles. The zero-order valence-electron chi connectivity index (χ0n) is 7.54. The van der Waals surface area contributed by atoms with Crippen molar-refractivity contribution >= 4 is 33.7 Å². The van der Waals surface area contributed by atoms with Crippen LogP contribution in [0.2, 0.25) is 0 Å². The molecular weight excluding hydrogens is 229 g/mol. The Morgan fingerprint density at radius 1 is 1.29 bits per heavy atom. The van der Waals surface area contributed by atoms with Crippen LogP contribution < -0.4 is 0 Å². The van der Waals surface area contributed by atoms with Crippen molar-refractivity contribution in [3.63, 3.8) is 0 Å². The maximum atomic E-state index is 11.1. The first kappa shape index (κ1) is 11.9. The van der Waals surface area contributed by atoms with E-state index in [9.17, 15) is 9.59 Å². The molecule has 1 fully saturated rings. The average Bonchev–Trinajstić information content (AvgIpc) is 2.15. The van der Waals surface area contributed by atoms with E-state index in [1.807, 2.05) is 4.90 Å². The summed E-state index contributed by atoms with van der Waals surface area (Å²) in [6, 6.07) is -0.606. The summed E-state index contributed by atoms with van der Waals surface area (Å²) in [5.41, 5.74) is 0. The van der Waals surface area contributed by atoms with Crippen molar-refractivity contribution in [3.8, 4) is 0 Å². The van der Waals surface area contributed by atoms with E-state index in [4.69, 9.17) is 27.9 Å². The SMILES string of the molecule is O=C(Cl)CC(C(=O)Cl)N1CCOCC1. The van der Waals surface area contributed by atoms with Crippen molar-refractivity contribution in [2.45, 2.75) is 12.5 Å². The van der Waals surface area contributed by atoms with Crippen molar-refractivity contribution in [2.75, 3.05) is 26.3 Å². The molecule has 14 heavy (non-hydrogen) atoms. The van der Waals surface area contributed by atoms with Crippen LogP contribution >= 0.6 is 23.2 Å². The van der Waals surface area contributed by atoms with Crippen LogP contribution in [0.1, 0.15) is 6.42 Å². The molecule has 0 aliphatic carbocycles. The number of morpholine rings is 1. The lowest BCUT2D eigenvalue weighted by atomic mass is 10.2. The molecule has 0 aromatic heterocycles. The Morgan fingerprint density at radius 2 is 1.86 bits per heavy atom. The molecule has 1 atom stereocenters. The Kier molecular flexibility index (Phi) is 4.81. The summed E-state index contributed by atoms with van der Waals surface area (Å²) in [5, 5.41) is -1.09. The Hall–Kier alpha value is -0.160. The summed E-state index contributed by atoms with van der Waals surface area (Å²) in [5.74, 6) is 0. The lowest BCUT2D eigenvalue weighted by molar-refractivity contribution is -0.122. The van der Waals surface area contributed by atoms with E-state index in [0.717, 1.165) is 0 Å². The lowest BCUT2D eigenvalue weighted by Crippen LogP contribution is -2.46. The van der Waals surface area contributed by atoms with Gasteiger partial charge in [-0.25, -0.2) is 0 Å². The van der Waals surface area contributed by atoms with E-state index in [0.29, 0.717) is 26.3 Å². The Labute approximate surface area is 92.1 Å². The topological polar surface area (TPSA) is 46.6 Å². The van der Waals surface area contributed by atoms with Gasteiger partial charge >= 0.3 is 0 Å². The van der Waals surface area contributed by atoms with Crippen molar-refractivity contribution in [1.82, 2.24) is 4.90 Å². The zero-order valence-corrected chi connectivity index (χ0v) is 9.05. The van der Waals surface area contributed by atoms with Crippen LogP contribution in [0.4, 0.5) is 0 Å². The minimum Gasteiger partial charge on any atom is -0.379 e. The molecule has 80 valence electrons. The van der Waals surface area contributed by atoms with E-state index in [1.54, 1.807) is 0 Å².